The van der Waals surface area contributed by atoms with Gasteiger partial charge in [-0.05, 0) is 49.6 Å². The lowest BCUT2D eigenvalue weighted by atomic mass is 10.1. The predicted molar refractivity (Wildman–Crippen MR) is 80.1 cm³/mol. The zero-order chi connectivity index (χ0) is 14.7. The van der Waals surface area contributed by atoms with Gasteiger partial charge in [-0.25, -0.2) is 14.4 Å². The minimum atomic E-state index is -0.252. The first-order valence-corrected chi connectivity index (χ1v) is 7.42. The Hall–Kier alpha value is -1.46. The van der Waals surface area contributed by atoms with Gasteiger partial charge in [0.25, 0.3) is 0 Å². The van der Waals surface area contributed by atoms with Crippen molar-refractivity contribution in [1.29, 1.82) is 0 Å². The van der Waals surface area contributed by atoms with Crippen molar-refractivity contribution in [1.82, 2.24) is 9.97 Å². The fourth-order valence-corrected chi connectivity index (χ4v) is 2.84. The summed E-state index contributed by atoms with van der Waals surface area (Å²) in [5.74, 6) is 0.437. The molecule has 0 spiro atoms. The van der Waals surface area contributed by atoms with Gasteiger partial charge in [0, 0.05) is 23.7 Å². The summed E-state index contributed by atoms with van der Waals surface area (Å²) in [6.07, 6.45) is 0. The average Bonchev–Trinajstić information content (AvgIpc) is 2.43. The Kier molecular flexibility index (Phi) is 4.73. The van der Waals surface area contributed by atoms with Crippen LogP contribution in [-0.2, 0) is 12.3 Å². The lowest BCUT2D eigenvalue weighted by Crippen LogP contribution is -2.02. The second-order valence-electron chi connectivity index (χ2n) is 4.71. The quantitative estimate of drug-likeness (QED) is 0.693. The molecule has 1 aromatic heterocycles. The van der Waals surface area contributed by atoms with Crippen molar-refractivity contribution in [3.8, 4) is 0 Å². The van der Waals surface area contributed by atoms with Crippen molar-refractivity contribution in [2.75, 3.05) is 0 Å². The van der Waals surface area contributed by atoms with Gasteiger partial charge < -0.3 is 5.73 Å². The molecular weight excluding hydrogens is 273 g/mol. The van der Waals surface area contributed by atoms with E-state index in [1.807, 2.05) is 20.8 Å². The van der Waals surface area contributed by atoms with Crippen LogP contribution >= 0.6 is 11.8 Å². The number of rotatable bonds is 4. The Bertz CT molecular complexity index is 606. The second kappa shape index (κ2) is 6.33. The Morgan fingerprint density at radius 1 is 1.10 bits per heavy atom. The standard InChI is InChI=1S/C15H18FN3S/c1-9-10(2)18-15(19-11(9)3)20-8-12-4-5-14(16)6-13(12)7-17/h4-6H,7-8,17H2,1-3H3. The van der Waals surface area contributed by atoms with Gasteiger partial charge >= 0.3 is 0 Å². The third kappa shape index (κ3) is 3.35. The van der Waals surface area contributed by atoms with Gasteiger partial charge in [0.2, 0.25) is 0 Å². The lowest BCUT2D eigenvalue weighted by Gasteiger charge is -2.09. The highest BCUT2D eigenvalue weighted by molar-refractivity contribution is 7.98. The fraction of sp³-hybridized carbons (Fsp3) is 0.333. The zero-order valence-corrected chi connectivity index (χ0v) is 12.7. The van der Waals surface area contributed by atoms with Gasteiger partial charge in [0.1, 0.15) is 5.82 Å². The zero-order valence-electron chi connectivity index (χ0n) is 11.9. The molecule has 0 saturated heterocycles. The average molecular weight is 291 g/mol. The molecule has 0 fully saturated rings. The van der Waals surface area contributed by atoms with E-state index in [0.29, 0.717) is 12.3 Å². The van der Waals surface area contributed by atoms with Crippen LogP contribution in [0.1, 0.15) is 28.1 Å². The maximum absolute atomic E-state index is 13.2. The number of nitrogens with zero attached hydrogens (tertiary/aromatic N) is 2. The van der Waals surface area contributed by atoms with E-state index >= 15 is 0 Å². The maximum Gasteiger partial charge on any atom is 0.188 e. The SMILES string of the molecule is Cc1nc(SCc2ccc(F)cc2CN)nc(C)c1C. The van der Waals surface area contributed by atoms with E-state index in [4.69, 9.17) is 5.73 Å². The molecule has 0 atom stereocenters. The number of aromatic nitrogens is 2. The molecule has 1 aromatic carbocycles. The van der Waals surface area contributed by atoms with Crippen LogP contribution in [-0.4, -0.2) is 9.97 Å². The maximum atomic E-state index is 13.2. The summed E-state index contributed by atoms with van der Waals surface area (Å²) in [6.45, 7) is 6.32. The molecule has 0 bridgehead atoms. The van der Waals surface area contributed by atoms with Crippen molar-refractivity contribution in [2.24, 2.45) is 5.73 Å². The fourth-order valence-electron chi connectivity index (χ4n) is 1.87. The van der Waals surface area contributed by atoms with Crippen LogP contribution in [0.15, 0.2) is 23.4 Å². The molecule has 2 aromatic rings. The van der Waals surface area contributed by atoms with E-state index in [1.54, 1.807) is 17.8 Å². The third-order valence-electron chi connectivity index (χ3n) is 3.36. The first kappa shape index (κ1) is 14.9. The van der Waals surface area contributed by atoms with Gasteiger partial charge in [-0.2, -0.15) is 0 Å². The molecule has 0 unspecified atom stereocenters. The van der Waals surface area contributed by atoms with Gasteiger partial charge in [-0.3, -0.25) is 0 Å². The van der Waals surface area contributed by atoms with Crippen molar-refractivity contribution in [2.45, 2.75) is 38.2 Å². The Labute approximate surface area is 122 Å². The van der Waals surface area contributed by atoms with Crippen LogP contribution in [0, 0.1) is 26.6 Å². The summed E-state index contributed by atoms with van der Waals surface area (Å²) in [4.78, 5) is 8.94. The smallest absolute Gasteiger partial charge is 0.188 e. The number of aryl methyl sites for hydroxylation is 2. The van der Waals surface area contributed by atoms with Gasteiger partial charge in [-0.15, -0.1) is 0 Å². The van der Waals surface area contributed by atoms with E-state index in [-0.39, 0.29) is 5.82 Å². The number of benzene rings is 1. The molecule has 0 aliphatic heterocycles. The molecule has 2 N–H and O–H groups in total. The van der Waals surface area contributed by atoms with Crippen molar-refractivity contribution < 1.29 is 4.39 Å². The van der Waals surface area contributed by atoms with Crippen LogP contribution in [0.5, 0.6) is 0 Å². The second-order valence-corrected chi connectivity index (χ2v) is 5.65. The van der Waals surface area contributed by atoms with Crippen molar-refractivity contribution in [3.05, 3.63) is 52.1 Å². The van der Waals surface area contributed by atoms with Crippen LogP contribution in [0.25, 0.3) is 0 Å². The number of hydrogen-bond donors (Lipinski definition) is 1. The summed E-state index contributed by atoms with van der Waals surface area (Å²) >= 11 is 1.55. The van der Waals surface area contributed by atoms with E-state index in [1.165, 1.54) is 12.1 Å². The number of nitrogens with two attached hydrogens (primary N) is 1. The number of hydrogen-bond acceptors (Lipinski definition) is 4. The normalized spacial score (nSPS) is 10.8. The number of thioether (sulfide) groups is 1. The molecule has 20 heavy (non-hydrogen) atoms. The topological polar surface area (TPSA) is 51.8 Å². The van der Waals surface area contributed by atoms with Gasteiger partial charge in [0.15, 0.2) is 5.16 Å². The van der Waals surface area contributed by atoms with Crippen LogP contribution in [0.2, 0.25) is 0 Å². The minimum Gasteiger partial charge on any atom is -0.326 e. The number of halogens is 1. The largest absolute Gasteiger partial charge is 0.326 e. The summed E-state index contributed by atoms with van der Waals surface area (Å²) in [6, 6.07) is 4.72. The Balaban J connectivity index is 2.17. The van der Waals surface area contributed by atoms with Crippen LogP contribution < -0.4 is 5.73 Å². The van der Waals surface area contributed by atoms with E-state index < -0.39 is 0 Å². The van der Waals surface area contributed by atoms with E-state index in [0.717, 1.165) is 33.2 Å². The Morgan fingerprint density at radius 3 is 2.35 bits per heavy atom. The molecule has 0 aliphatic carbocycles. The van der Waals surface area contributed by atoms with E-state index in [2.05, 4.69) is 9.97 Å². The molecule has 2 rings (SSSR count). The Morgan fingerprint density at radius 2 is 1.75 bits per heavy atom. The molecule has 0 aliphatic rings. The first-order chi connectivity index (χ1) is 9.51. The van der Waals surface area contributed by atoms with Crippen LogP contribution in [0.3, 0.4) is 0 Å². The molecule has 106 valence electrons. The predicted octanol–water partition coefficient (Wildman–Crippen LogP) is 3.29. The summed E-state index contributed by atoms with van der Waals surface area (Å²) in [5.41, 5.74) is 10.6. The van der Waals surface area contributed by atoms with Crippen molar-refractivity contribution >= 4 is 11.8 Å². The lowest BCUT2D eigenvalue weighted by molar-refractivity contribution is 0.624. The minimum absolute atomic E-state index is 0.252. The molecule has 3 nitrogen and oxygen atoms in total. The summed E-state index contributed by atoms with van der Waals surface area (Å²) in [5, 5.41) is 0.748. The van der Waals surface area contributed by atoms with Crippen molar-refractivity contribution in [3.63, 3.8) is 0 Å². The van der Waals surface area contributed by atoms with Gasteiger partial charge in [-0.1, -0.05) is 17.8 Å². The molecule has 5 heteroatoms. The van der Waals surface area contributed by atoms with Gasteiger partial charge in [0.05, 0.1) is 0 Å². The third-order valence-corrected chi connectivity index (χ3v) is 4.25. The monoisotopic (exact) mass is 291 g/mol. The van der Waals surface area contributed by atoms with Crippen LogP contribution in [0.4, 0.5) is 4.39 Å². The highest BCUT2D eigenvalue weighted by Crippen LogP contribution is 2.23. The highest BCUT2D eigenvalue weighted by atomic mass is 32.2. The first-order valence-electron chi connectivity index (χ1n) is 6.43. The van der Waals surface area contributed by atoms with E-state index in [9.17, 15) is 4.39 Å². The molecule has 0 saturated carbocycles. The molecule has 1 heterocycles. The molecule has 0 radical (unpaired) electrons. The summed E-state index contributed by atoms with van der Waals surface area (Å²) in [7, 11) is 0. The molecular formula is C15H18FN3S. The highest BCUT2D eigenvalue weighted by Gasteiger charge is 2.08. The molecule has 0 amide bonds. The summed E-state index contributed by atoms with van der Waals surface area (Å²) < 4.78 is 13.2.